The molecule has 0 unspecified atom stereocenters. The number of H-pyrrole nitrogens is 1. The topological polar surface area (TPSA) is 76.7 Å². The molecule has 4 rings (SSSR count). The van der Waals surface area contributed by atoms with Gasteiger partial charge in [0.1, 0.15) is 13.2 Å². The van der Waals surface area contributed by atoms with Crippen molar-refractivity contribution in [3.8, 4) is 22.8 Å². The van der Waals surface area contributed by atoms with Crippen molar-refractivity contribution < 1.29 is 19.0 Å². The first-order chi connectivity index (χ1) is 11.7. The zero-order valence-corrected chi connectivity index (χ0v) is 13.4. The van der Waals surface area contributed by atoms with E-state index in [2.05, 4.69) is 10.2 Å². The summed E-state index contributed by atoms with van der Waals surface area (Å²) in [4.78, 5) is 14.6. The van der Waals surface area contributed by atoms with Crippen molar-refractivity contribution >= 4 is 5.91 Å². The van der Waals surface area contributed by atoms with Gasteiger partial charge in [0.15, 0.2) is 11.5 Å². The van der Waals surface area contributed by atoms with Crippen molar-refractivity contribution in [3.63, 3.8) is 0 Å². The molecule has 0 aliphatic carbocycles. The number of rotatable bonds is 2. The predicted octanol–water partition coefficient (Wildman–Crippen LogP) is 1.71. The fourth-order valence-corrected chi connectivity index (χ4v) is 3.04. The molecule has 126 valence electrons. The summed E-state index contributed by atoms with van der Waals surface area (Å²) in [5.41, 5.74) is 2.10. The van der Waals surface area contributed by atoms with Gasteiger partial charge in [-0.25, -0.2) is 0 Å². The zero-order valence-electron chi connectivity index (χ0n) is 13.4. The minimum absolute atomic E-state index is 0.0382. The Bertz CT molecular complexity index is 758. The van der Waals surface area contributed by atoms with Crippen LogP contribution >= 0.6 is 0 Å². The molecule has 1 saturated heterocycles. The van der Waals surface area contributed by atoms with Crippen LogP contribution in [-0.4, -0.2) is 60.0 Å². The Kier molecular flexibility index (Phi) is 3.86. The molecular formula is C17H19N3O4. The number of carbonyl (C=O) groups is 1. The Morgan fingerprint density at radius 3 is 2.92 bits per heavy atom. The maximum atomic E-state index is 12.8. The Labute approximate surface area is 139 Å². The minimum atomic E-state index is -0.0382. The summed E-state index contributed by atoms with van der Waals surface area (Å²) in [6.07, 6.45) is 1.63. The van der Waals surface area contributed by atoms with Gasteiger partial charge in [0, 0.05) is 18.7 Å². The summed E-state index contributed by atoms with van der Waals surface area (Å²) in [6.45, 7) is 4.78. The van der Waals surface area contributed by atoms with Crippen LogP contribution in [0.5, 0.6) is 11.5 Å². The van der Waals surface area contributed by atoms with Crippen LogP contribution in [0.3, 0.4) is 0 Å². The molecule has 1 aromatic heterocycles. The first kappa shape index (κ1) is 15.0. The van der Waals surface area contributed by atoms with Gasteiger partial charge in [0.2, 0.25) is 0 Å². The third-order valence-corrected chi connectivity index (χ3v) is 4.23. The third-order valence-electron chi connectivity index (χ3n) is 4.23. The van der Waals surface area contributed by atoms with Crippen LogP contribution in [0.2, 0.25) is 0 Å². The molecule has 0 spiro atoms. The van der Waals surface area contributed by atoms with Crippen molar-refractivity contribution in [2.45, 2.75) is 13.0 Å². The number of nitrogens with one attached hydrogen (secondary N) is 1. The average molecular weight is 329 g/mol. The molecule has 2 aliphatic rings. The molecule has 7 heteroatoms. The van der Waals surface area contributed by atoms with Crippen molar-refractivity contribution in [2.75, 3.05) is 32.9 Å². The van der Waals surface area contributed by atoms with E-state index >= 15 is 0 Å². The molecule has 24 heavy (non-hydrogen) atoms. The van der Waals surface area contributed by atoms with E-state index in [4.69, 9.17) is 14.2 Å². The lowest BCUT2D eigenvalue weighted by Gasteiger charge is -2.31. The summed E-state index contributed by atoms with van der Waals surface area (Å²) in [5, 5.41) is 7.00. The number of morpholine rings is 1. The van der Waals surface area contributed by atoms with Gasteiger partial charge in [-0.2, -0.15) is 5.10 Å². The van der Waals surface area contributed by atoms with Gasteiger partial charge in [-0.05, 0) is 25.1 Å². The lowest BCUT2D eigenvalue weighted by Crippen LogP contribution is -2.44. The number of amides is 1. The van der Waals surface area contributed by atoms with Gasteiger partial charge in [0.05, 0.1) is 30.2 Å². The van der Waals surface area contributed by atoms with E-state index in [-0.39, 0.29) is 12.0 Å². The van der Waals surface area contributed by atoms with Crippen LogP contribution in [0.1, 0.15) is 17.3 Å². The van der Waals surface area contributed by atoms with Gasteiger partial charge in [-0.15, -0.1) is 0 Å². The molecule has 1 aromatic carbocycles. The second-order valence-corrected chi connectivity index (χ2v) is 5.95. The highest BCUT2D eigenvalue weighted by Crippen LogP contribution is 2.35. The molecule has 2 aliphatic heterocycles. The highest BCUT2D eigenvalue weighted by molar-refractivity contribution is 6.00. The monoisotopic (exact) mass is 329 g/mol. The van der Waals surface area contributed by atoms with Crippen LogP contribution in [0.15, 0.2) is 24.4 Å². The van der Waals surface area contributed by atoms with Crippen LogP contribution in [0, 0.1) is 0 Å². The van der Waals surface area contributed by atoms with E-state index in [1.54, 1.807) is 11.1 Å². The molecule has 1 N–H and O–H groups in total. The average Bonchev–Trinajstić information content (AvgIpc) is 3.10. The van der Waals surface area contributed by atoms with E-state index in [9.17, 15) is 4.79 Å². The van der Waals surface area contributed by atoms with Crippen LogP contribution < -0.4 is 9.47 Å². The van der Waals surface area contributed by atoms with Crippen molar-refractivity contribution in [2.24, 2.45) is 0 Å². The zero-order chi connectivity index (χ0) is 16.5. The standard InChI is InChI=1S/C17H19N3O4/c1-11-10-20(4-5-22-11)17(21)13-9-18-19-16(13)12-2-3-14-15(8-12)24-7-6-23-14/h2-3,8-9,11H,4-7,10H2,1H3,(H,18,19)/t11-/m1/s1. The fourth-order valence-electron chi connectivity index (χ4n) is 3.04. The van der Waals surface area contributed by atoms with E-state index in [1.807, 2.05) is 25.1 Å². The Hall–Kier alpha value is -2.54. The van der Waals surface area contributed by atoms with Crippen molar-refractivity contribution in [1.29, 1.82) is 0 Å². The molecule has 2 aromatic rings. The SMILES string of the molecule is C[C@@H]1CN(C(=O)c2cn[nH]c2-c2ccc3c(c2)OCCO3)CCO1. The molecule has 1 fully saturated rings. The summed E-state index contributed by atoms with van der Waals surface area (Å²) >= 11 is 0. The van der Waals surface area contributed by atoms with Crippen LogP contribution in [0.4, 0.5) is 0 Å². The first-order valence-corrected chi connectivity index (χ1v) is 8.06. The Morgan fingerprint density at radius 1 is 1.25 bits per heavy atom. The van der Waals surface area contributed by atoms with E-state index in [1.165, 1.54) is 0 Å². The molecule has 0 bridgehead atoms. The minimum Gasteiger partial charge on any atom is -0.486 e. The molecule has 3 heterocycles. The third kappa shape index (κ3) is 2.71. The summed E-state index contributed by atoms with van der Waals surface area (Å²) < 4.78 is 16.7. The van der Waals surface area contributed by atoms with E-state index < -0.39 is 0 Å². The number of fused-ring (bicyclic) bond motifs is 1. The van der Waals surface area contributed by atoms with Crippen LogP contribution in [0.25, 0.3) is 11.3 Å². The number of aromatic amines is 1. The number of benzene rings is 1. The van der Waals surface area contributed by atoms with Gasteiger partial charge < -0.3 is 19.1 Å². The number of hydrogen-bond donors (Lipinski definition) is 1. The summed E-state index contributed by atoms with van der Waals surface area (Å²) in [5.74, 6) is 1.37. The highest BCUT2D eigenvalue weighted by atomic mass is 16.6. The number of ether oxygens (including phenoxy) is 3. The fraction of sp³-hybridized carbons (Fsp3) is 0.412. The quantitative estimate of drug-likeness (QED) is 0.908. The predicted molar refractivity (Wildman–Crippen MR) is 86.3 cm³/mol. The first-order valence-electron chi connectivity index (χ1n) is 8.06. The molecular weight excluding hydrogens is 310 g/mol. The summed E-state index contributed by atoms with van der Waals surface area (Å²) in [7, 11) is 0. The lowest BCUT2D eigenvalue weighted by molar-refractivity contribution is -0.0123. The second-order valence-electron chi connectivity index (χ2n) is 5.95. The smallest absolute Gasteiger partial charge is 0.257 e. The van der Waals surface area contributed by atoms with Gasteiger partial charge in [-0.1, -0.05) is 0 Å². The number of hydrogen-bond acceptors (Lipinski definition) is 5. The maximum Gasteiger partial charge on any atom is 0.257 e. The normalized spacial score (nSPS) is 20.0. The van der Waals surface area contributed by atoms with Crippen molar-refractivity contribution in [3.05, 3.63) is 30.0 Å². The summed E-state index contributed by atoms with van der Waals surface area (Å²) in [6, 6.07) is 5.64. The largest absolute Gasteiger partial charge is 0.486 e. The Morgan fingerprint density at radius 2 is 2.08 bits per heavy atom. The molecule has 1 amide bonds. The van der Waals surface area contributed by atoms with E-state index in [0.717, 1.165) is 11.3 Å². The highest BCUT2D eigenvalue weighted by Gasteiger charge is 2.26. The van der Waals surface area contributed by atoms with Crippen molar-refractivity contribution in [1.82, 2.24) is 15.1 Å². The maximum absolute atomic E-state index is 12.8. The molecule has 0 radical (unpaired) electrons. The van der Waals surface area contributed by atoms with Gasteiger partial charge in [0.25, 0.3) is 5.91 Å². The molecule has 1 atom stereocenters. The van der Waals surface area contributed by atoms with Gasteiger partial charge in [-0.3, -0.25) is 9.89 Å². The molecule has 0 saturated carbocycles. The number of aromatic nitrogens is 2. The Balaban J connectivity index is 1.64. The number of nitrogens with zero attached hydrogens (tertiary/aromatic N) is 2. The van der Waals surface area contributed by atoms with Crippen LogP contribution in [-0.2, 0) is 4.74 Å². The van der Waals surface area contributed by atoms with E-state index in [0.29, 0.717) is 49.9 Å². The second kappa shape index (κ2) is 6.16. The lowest BCUT2D eigenvalue weighted by atomic mass is 10.1. The van der Waals surface area contributed by atoms with Gasteiger partial charge >= 0.3 is 0 Å². The number of carbonyl (C=O) groups excluding carboxylic acids is 1. The molecule has 7 nitrogen and oxygen atoms in total.